The summed E-state index contributed by atoms with van der Waals surface area (Å²) in [7, 11) is 4.88. The van der Waals surface area contributed by atoms with Crippen LogP contribution in [0.5, 0.6) is 5.75 Å². The molecule has 186 valence electrons. The Kier molecular flexibility index (Phi) is 6.25. The van der Waals surface area contributed by atoms with E-state index in [4.69, 9.17) is 14.0 Å². The van der Waals surface area contributed by atoms with E-state index in [9.17, 15) is 9.59 Å². The minimum Gasteiger partial charge on any atom is -0.495 e. The Labute approximate surface area is 205 Å². The summed E-state index contributed by atoms with van der Waals surface area (Å²) in [6.07, 6.45) is 4.83. The first-order chi connectivity index (χ1) is 17.5. The fourth-order valence-electron chi connectivity index (χ4n) is 4.02. The molecule has 4 heterocycles. The van der Waals surface area contributed by atoms with Crippen LogP contribution >= 0.6 is 0 Å². The van der Waals surface area contributed by atoms with Crippen molar-refractivity contribution in [2.24, 2.45) is 0 Å². The Morgan fingerprint density at radius 2 is 2.03 bits per heavy atom. The lowest BCUT2D eigenvalue weighted by Crippen LogP contribution is -2.51. The Hall–Kier alpha value is -4.45. The van der Waals surface area contributed by atoms with Crippen LogP contribution in [-0.4, -0.2) is 59.0 Å². The number of hydrogen-bond acceptors (Lipinski definition) is 10. The second-order valence-electron chi connectivity index (χ2n) is 8.22. The molecule has 1 amide bonds. The molecule has 0 spiro atoms. The van der Waals surface area contributed by atoms with E-state index in [1.807, 2.05) is 0 Å². The number of pyridine rings is 3. The van der Waals surface area contributed by atoms with Gasteiger partial charge in [0, 0.05) is 26.4 Å². The van der Waals surface area contributed by atoms with Crippen molar-refractivity contribution in [1.29, 1.82) is 0 Å². The van der Waals surface area contributed by atoms with Gasteiger partial charge in [0.1, 0.15) is 28.6 Å². The maximum Gasteiger partial charge on any atom is 0.292 e. The lowest BCUT2D eigenvalue weighted by molar-refractivity contribution is 0.00678. The normalized spacial score (nSPS) is 16.9. The number of hydrogen-bond donors (Lipinski definition) is 3. The maximum absolute atomic E-state index is 13.2. The van der Waals surface area contributed by atoms with E-state index in [1.165, 1.54) is 10.8 Å². The van der Waals surface area contributed by atoms with Crippen LogP contribution in [0.15, 0.2) is 52.0 Å². The van der Waals surface area contributed by atoms with Gasteiger partial charge in [0.15, 0.2) is 5.52 Å². The van der Waals surface area contributed by atoms with E-state index in [0.29, 0.717) is 28.6 Å². The third-order valence-electron chi connectivity index (χ3n) is 6.16. The van der Waals surface area contributed by atoms with E-state index < -0.39 is 5.91 Å². The molecule has 0 unspecified atom stereocenters. The van der Waals surface area contributed by atoms with Crippen LogP contribution < -0.4 is 26.2 Å². The number of amides is 1. The first-order valence-electron chi connectivity index (χ1n) is 11.3. The van der Waals surface area contributed by atoms with Gasteiger partial charge in [0.05, 0.1) is 31.1 Å². The zero-order valence-electron chi connectivity index (χ0n) is 19.9. The Bertz CT molecular complexity index is 1460. The average Bonchev–Trinajstić information content (AvgIpc) is 3.32. The molecule has 1 saturated carbocycles. The number of nitrogens with zero attached hydrogens (tertiary/aromatic N) is 4. The van der Waals surface area contributed by atoms with Gasteiger partial charge in [0.2, 0.25) is 5.76 Å². The lowest BCUT2D eigenvalue weighted by Gasteiger charge is -2.35. The molecule has 12 heteroatoms. The van der Waals surface area contributed by atoms with Crippen molar-refractivity contribution < 1.29 is 18.8 Å². The van der Waals surface area contributed by atoms with Gasteiger partial charge in [-0.05, 0) is 37.1 Å². The van der Waals surface area contributed by atoms with Crippen molar-refractivity contribution in [3.8, 4) is 11.6 Å². The molecule has 12 nitrogen and oxygen atoms in total. The van der Waals surface area contributed by atoms with Gasteiger partial charge in [0.25, 0.3) is 11.5 Å². The first-order valence-corrected chi connectivity index (χ1v) is 11.3. The summed E-state index contributed by atoms with van der Waals surface area (Å²) in [5.74, 6) is 0.914. The molecule has 4 aromatic heterocycles. The Morgan fingerprint density at radius 3 is 2.69 bits per heavy atom. The number of ether oxygens (including phenoxy) is 2. The second kappa shape index (κ2) is 9.66. The van der Waals surface area contributed by atoms with Crippen LogP contribution in [-0.2, 0) is 4.74 Å². The van der Waals surface area contributed by atoms with Crippen molar-refractivity contribution in [3.05, 3.63) is 58.8 Å². The fourth-order valence-corrected chi connectivity index (χ4v) is 4.02. The number of methoxy groups -OCH3 is 2. The summed E-state index contributed by atoms with van der Waals surface area (Å²) in [5, 5.41) is 13.0. The summed E-state index contributed by atoms with van der Waals surface area (Å²) >= 11 is 0. The minimum absolute atomic E-state index is 0.0141. The molecule has 0 radical (unpaired) electrons. The van der Waals surface area contributed by atoms with Crippen LogP contribution in [0.25, 0.3) is 16.9 Å². The van der Waals surface area contributed by atoms with Crippen LogP contribution in [0.2, 0.25) is 0 Å². The molecule has 1 fully saturated rings. The number of carbonyl (C=O) groups excluding carboxylic acids is 1. The summed E-state index contributed by atoms with van der Waals surface area (Å²) in [5.41, 5.74) is 1.18. The van der Waals surface area contributed by atoms with Crippen LogP contribution in [0.3, 0.4) is 0 Å². The van der Waals surface area contributed by atoms with E-state index in [2.05, 4.69) is 31.1 Å². The summed E-state index contributed by atoms with van der Waals surface area (Å²) in [6.45, 7) is 0. The van der Waals surface area contributed by atoms with Crippen molar-refractivity contribution >= 4 is 34.1 Å². The number of aromatic nitrogens is 4. The number of rotatable bonds is 8. The van der Waals surface area contributed by atoms with Crippen molar-refractivity contribution in [2.45, 2.75) is 25.0 Å². The SMILES string of the molecule is CNc1cc(Nc2cccn(-c3ccc(OC)cn3)c2=O)nc2c(C(=O)N[C@@H]3CC[C@H]3OC)onc12. The van der Waals surface area contributed by atoms with Crippen molar-refractivity contribution in [3.63, 3.8) is 0 Å². The standard InChI is InChI=1S/C24H25N7O5/c1-25-16-11-18(27-15-5-4-10-31(24(15)33)19-9-6-13(34-2)12-26-19)29-21-20(16)30-36-22(21)23(32)28-14-7-8-17(14)35-3/h4-6,9-12,14,17,25H,7-8H2,1-3H3,(H,27,29)(H,28,32)/t14-,17-/m1/s1. The molecule has 1 aliphatic rings. The maximum atomic E-state index is 13.2. The smallest absolute Gasteiger partial charge is 0.292 e. The highest BCUT2D eigenvalue weighted by atomic mass is 16.5. The van der Waals surface area contributed by atoms with Crippen LogP contribution in [0.4, 0.5) is 17.2 Å². The Morgan fingerprint density at radius 1 is 1.17 bits per heavy atom. The molecule has 0 saturated heterocycles. The zero-order valence-corrected chi connectivity index (χ0v) is 19.9. The summed E-state index contributed by atoms with van der Waals surface area (Å²) < 4.78 is 17.3. The Balaban J connectivity index is 1.46. The molecule has 5 rings (SSSR count). The molecular weight excluding hydrogens is 466 g/mol. The third kappa shape index (κ3) is 4.22. The topological polar surface area (TPSA) is 145 Å². The van der Waals surface area contributed by atoms with E-state index >= 15 is 0 Å². The lowest BCUT2D eigenvalue weighted by atomic mass is 9.89. The number of fused-ring (bicyclic) bond motifs is 1. The average molecular weight is 492 g/mol. The molecule has 3 N–H and O–H groups in total. The van der Waals surface area contributed by atoms with E-state index in [-0.39, 0.29) is 34.7 Å². The molecule has 0 bridgehead atoms. The third-order valence-corrected chi connectivity index (χ3v) is 6.16. The predicted molar refractivity (Wildman–Crippen MR) is 132 cm³/mol. The largest absolute Gasteiger partial charge is 0.495 e. The monoisotopic (exact) mass is 491 g/mol. The molecule has 1 aliphatic carbocycles. The summed E-state index contributed by atoms with van der Waals surface area (Å²) in [6, 6.07) is 8.35. The van der Waals surface area contributed by atoms with Gasteiger partial charge in [-0.25, -0.2) is 9.97 Å². The minimum atomic E-state index is -0.427. The molecule has 0 aliphatic heterocycles. The van der Waals surface area contributed by atoms with Crippen molar-refractivity contribution in [1.82, 2.24) is 25.0 Å². The molecule has 2 atom stereocenters. The van der Waals surface area contributed by atoms with Gasteiger partial charge in [-0.3, -0.25) is 14.2 Å². The van der Waals surface area contributed by atoms with E-state index in [0.717, 1.165) is 12.8 Å². The van der Waals surface area contributed by atoms with Gasteiger partial charge in [-0.15, -0.1) is 0 Å². The van der Waals surface area contributed by atoms with E-state index in [1.54, 1.807) is 57.8 Å². The van der Waals surface area contributed by atoms with Crippen molar-refractivity contribution in [2.75, 3.05) is 31.9 Å². The zero-order chi connectivity index (χ0) is 25.2. The second-order valence-corrected chi connectivity index (χ2v) is 8.22. The first kappa shape index (κ1) is 23.3. The highest BCUT2D eigenvalue weighted by Crippen LogP contribution is 2.29. The highest BCUT2D eigenvalue weighted by Gasteiger charge is 2.34. The highest BCUT2D eigenvalue weighted by molar-refractivity contribution is 6.05. The fraction of sp³-hybridized carbons (Fsp3) is 0.292. The molecule has 36 heavy (non-hydrogen) atoms. The molecule has 4 aromatic rings. The number of anilines is 3. The number of carbonyl (C=O) groups is 1. The van der Waals surface area contributed by atoms with Crippen LogP contribution in [0.1, 0.15) is 23.4 Å². The molecule has 0 aromatic carbocycles. The van der Waals surface area contributed by atoms with Crippen LogP contribution in [0, 0.1) is 0 Å². The van der Waals surface area contributed by atoms with Gasteiger partial charge < -0.3 is 29.9 Å². The van der Waals surface area contributed by atoms with Gasteiger partial charge in [-0.1, -0.05) is 5.16 Å². The summed E-state index contributed by atoms with van der Waals surface area (Å²) in [4.78, 5) is 34.9. The predicted octanol–water partition coefficient (Wildman–Crippen LogP) is 2.47. The number of nitrogens with one attached hydrogen (secondary N) is 3. The van der Waals surface area contributed by atoms with Gasteiger partial charge in [-0.2, -0.15) is 0 Å². The quantitative estimate of drug-likeness (QED) is 0.336. The molecular formula is C24H25N7O5. The van der Waals surface area contributed by atoms with Gasteiger partial charge >= 0.3 is 0 Å².